The fraction of sp³-hybridized carbons (Fsp3) is 0.273. The van der Waals surface area contributed by atoms with E-state index in [4.69, 9.17) is 4.74 Å². The molecule has 0 saturated carbocycles. The molecule has 4 heterocycles. The summed E-state index contributed by atoms with van der Waals surface area (Å²) < 4.78 is 31.7. The van der Waals surface area contributed by atoms with Gasteiger partial charge in [0.25, 0.3) is 0 Å². The highest BCUT2D eigenvalue weighted by Gasteiger charge is 2.50. The van der Waals surface area contributed by atoms with Gasteiger partial charge in [0.2, 0.25) is 5.88 Å². The zero-order valence-corrected chi connectivity index (χ0v) is 16.8. The molecule has 0 bridgehead atoms. The highest BCUT2D eigenvalue weighted by atomic mass is 32.2. The third kappa shape index (κ3) is 3.01. The number of pyridine rings is 2. The fourth-order valence-corrected chi connectivity index (χ4v) is 6.71. The Kier molecular flexibility index (Phi) is 4.37. The van der Waals surface area contributed by atoms with Gasteiger partial charge in [-0.2, -0.15) is 0 Å². The van der Waals surface area contributed by atoms with Crippen molar-refractivity contribution in [2.24, 2.45) is 0 Å². The van der Waals surface area contributed by atoms with E-state index in [0.29, 0.717) is 30.4 Å². The third-order valence-corrected chi connectivity index (χ3v) is 8.10. The smallest absolute Gasteiger partial charge is 0.221 e. The lowest BCUT2D eigenvalue weighted by Gasteiger charge is -2.17. The maximum absolute atomic E-state index is 13.2. The van der Waals surface area contributed by atoms with Crippen molar-refractivity contribution in [2.75, 3.05) is 20.2 Å². The highest BCUT2D eigenvalue weighted by Crippen LogP contribution is 2.46. The van der Waals surface area contributed by atoms with Crippen molar-refractivity contribution < 1.29 is 13.2 Å². The fourth-order valence-electron chi connectivity index (χ4n) is 4.52. The molecule has 2 aliphatic heterocycles. The minimum absolute atomic E-state index is 0.0265. The number of likely N-dealkylation sites (tertiary alicyclic amines) is 1. The second kappa shape index (κ2) is 6.93. The van der Waals surface area contributed by atoms with E-state index < -0.39 is 15.1 Å². The van der Waals surface area contributed by atoms with Crippen LogP contribution in [0.5, 0.6) is 5.88 Å². The first-order valence-corrected chi connectivity index (χ1v) is 11.1. The predicted octanol–water partition coefficient (Wildman–Crippen LogP) is 2.91. The summed E-state index contributed by atoms with van der Waals surface area (Å²) in [5.74, 6) is 0.509. The minimum atomic E-state index is -3.33. The Balaban J connectivity index is 1.50. The number of fused-ring (bicyclic) bond motifs is 3. The van der Waals surface area contributed by atoms with Gasteiger partial charge in [0.05, 0.1) is 22.9 Å². The van der Waals surface area contributed by atoms with E-state index in [1.165, 1.54) is 0 Å². The Morgan fingerprint density at radius 3 is 2.72 bits per heavy atom. The predicted molar refractivity (Wildman–Crippen MR) is 109 cm³/mol. The van der Waals surface area contributed by atoms with Crippen LogP contribution in [0.15, 0.2) is 65.8 Å². The second-order valence-electron chi connectivity index (χ2n) is 7.52. The van der Waals surface area contributed by atoms with E-state index >= 15 is 0 Å². The number of hydrogen-bond acceptors (Lipinski definition) is 6. The molecule has 0 aliphatic carbocycles. The van der Waals surface area contributed by atoms with Gasteiger partial charge in [0.15, 0.2) is 9.84 Å². The van der Waals surface area contributed by atoms with Crippen LogP contribution in [0.4, 0.5) is 0 Å². The van der Waals surface area contributed by atoms with E-state index in [2.05, 4.69) is 14.9 Å². The Labute approximate surface area is 170 Å². The van der Waals surface area contributed by atoms with Crippen LogP contribution in [0.3, 0.4) is 0 Å². The van der Waals surface area contributed by atoms with Crippen LogP contribution in [-0.2, 0) is 16.4 Å². The molecule has 0 amide bonds. The monoisotopic (exact) mass is 407 g/mol. The summed E-state index contributed by atoms with van der Waals surface area (Å²) in [6.07, 6.45) is 3.45. The van der Waals surface area contributed by atoms with Gasteiger partial charge < -0.3 is 4.74 Å². The largest absolute Gasteiger partial charge is 0.481 e. The van der Waals surface area contributed by atoms with Gasteiger partial charge in [-0.25, -0.2) is 13.4 Å². The number of nitrogens with zero attached hydrogens (tertiary/aromatic N) is 3. The summed E-state index contributed by atoms with van der Waals surface area (Å²) in [6, 6.07) is 15.2. The van der Waals surface area contributed by atoms with Gasteiger partial charge in [0.1, 0.15) is 0 Å². The first-order chi connectivity index (χ1) is 14.1. The van der Waals surface area contributed by atoms with Crippen LogP contribution in [0.2, 0.25) is 0 Å². The van der Waals surface area contributed by atoms with Crippen molar-refractivity contribution in [1.29, 1.82) is 0 Å². The molecule has 5 rings (SSSR count). The van der Waals surface area contributed by atoms with Crippen molar-refractivity contribution in [3.63, 3.8) is 0 Å². The molecule has 6 nitrogen and oxygen atoms in total. The molecular formula is C22H21N3O3S. The summed E-state index contributed by atoms with van der Waals surface area (Å²) in [7, 11) is -1.74. The summed E-state index contributed by atoms with van der Waals surface area (Å²) in [5.41, 5.74) is 3.65. The zero-order valence-electron chi connectivity index (χ0n) is 16.0. The molecule has 7 heteroatoms. The van der Waals surface area contributed by atoms with Gasteiger partial charge in [-0.3, -0.25) is 9.88 Å². The number of methoxy groups -OCH3 is 1. The molecular weight excluding hydrogens is 386 g/mol. The Bertz CT molecular complexity index is 1160. The summed E-state index contributed by atoms with van der Waals surface area (Å²) in [6.45, 7) is 1.90. The minimum Gasteiger partial charge on any atom is -0.481 e. The number of hydrogen-bond donors (Lipinski definition) is 0. The molecule has 1 aromatic carbocycles. The van der Waals surface area contributed by atoms with Gasteiger partial charge in [-0.1, -0.05) is 12.1 Å². The number of ether oxygens (including phenoxy) is 1. The molecule has 1 fully saturated rings. The number of aromatic nitrogens is 2. The molecule has 0 unspecified atom stereocenters. The Hall–Kier alpha value is -2.77. The normalized spacial score (nSPS) is 22.2. The summed E-state index contributed by atoms with van der Waals surface area (Å²) >= 11 is 0. The third-order valence-electron chi connectivity index (χ3n) is 5.84. The lowest BCUT2D eigenvalue weighted by atomic mass is 9.95. The average molecular weight is 407 g/mol. The van der Waals surface area contributed by atoms with Gasteiger partial charge in [-0.05, 0) is 47.5 Å². The van der Waals surface area contributed by atoms with Crippen LogP contribution < -0.4 is 4.74 Å². The molecule has 2 atom stereocenters. The van der Waals surface area contributed by atoms with Crippen molar-refractivity contribution in [1.82, 2.24) is 14.9 Å². The lowest BCUT2D eigenvalue weighted by molar-refractivity contribution is 0.321. The van der Waals surface area contributed by atoms with Crippen molar-refractivity contribution in [3.8, 4) is 17.0 Å². The topological polar surface area (TPSA) is 72.4 Å². The van der Waals surface area contributed by atoms with E-state index in [1.807, 2.05) is 42.5 Å². The summed E-state index contributed by atoms with van der Waals surface area (Å²) in [4.78, 5) is 11.3. The molecule has 29 heavy (non-hydrogen) atoms. The van der Waals surface area contributed by atoms with Crippen LogP contribution in [0.1, 0.15) is 17.2 Å². The number of sulfone groups is 1. The van der Waals surface area contributed by atoms with Gasteiger partial charge >= 0.3 is 0 Å². The van der Waals surface area contributed by atoms with E-state index in [9.17, 15) is 8.42 Å². The van der Waals surface area contributed by atoms with Crippen molar-refractivity contribution >= 4 is 9.84 Å². The first-order valence-electron chi connectivity index (χ1n) is 9.57. The van der Waals surface area contributed by atoms with Crippen LogP contribution in [0, 0.1) is 0 Å². The second-order valence-corrected chi connectivity index (χ2v) is 9.65. The van der Waals surface area contributed by atoms with Crippen molar-refractivity contribution in [2.45, 2.75) is 22.6 Å². The van der Waals surface area contributed by atoms with E-state index in [-0.39, 0.29) is 5.92 Å². The van der Waals surface area contributed by atoms with E-state index in [0.717, 1.165) is 22.4 Å². The van der Waals surface area contributed by atoms with Crippen LogP contribution in [0.25, 0.3) is 11.1 Å². The quantitative estimate of drug-likeness (QED) is 0.662. The molecule has 148 valence electrons. The maximum atomic E-state index is 13.2. The highest BCUT2D eigenvalue weighted by molar-refractivity contribution is 7.92. The Morgan fingerprint density at radius 2 is 1.93 bits per heavy atom. The van der Waals surface area contributed by atoms with E-state index in [1.54, 1.807) is 25.6 Å². The van der Waals surface area contributed by atoms with Gasteiger partial charge in [-0.15, -0.1) is 0 Å². The van der Waals surface area contributed by atoms with Crippen LogP contribution >= 0.6 is 0 Å². The lowest BCUT2D eigenvalue weighted by Crippen LogP contribution is -2.26. The average Bonchev–Trinajstić information content (AvgIpc) is 3.26. The molecule has 3 aromatic rings. The Morgan fingerprint density at radius 1 is 1.07 bits per heavy atom. The molecule has 0 spiro atoms. The molecule has 2 aromatic heterocycles. The molecule has 0 N–H and O–H groups in total. The number of benzene rings is 1. The SMILES string of the molecule is COc1ncccc1-c1ccc2c(c1)[C@H]1CN(Cc3ccccn3)C[C@H]1S2(=O)=O. The van der Waals surface area contributed by atoms with Crippen LogP contribution in [-0.4, -0.2) is 48.7 Å². The van der Waals surface area contributed by atoms with Gasteiger partial charge in [0, 0.05) is 43.5 Å². The standard InChI is InChI=1S/C22H21N3O3S/c1-28-22-17(6-4-10-24-22)15-7-8-20-18(11-15)19-13-25(14-21(19)29(20,26)27)12-16-5-2-3-9-23-16/h2-11,19,21H,12-14H2,1H3/t19-,21-/m1/s1. The summed E-state index contributed by atoms with van der Waals surface area (Å²) in [5, 5.41) is -0.396. The molecule has 1 saturated heterocycles. The molecule has 0 radical (unpaired) electrons. The maximum Gasteiger partial charge on any atom is 0.221 e. The first kappa shape index (κ1) is 18.3. The van der Waals surface area contributed by atoms with Crippen molar-refractivity contribution in [3.05, 3.63) is 72.2 Å². The molecule has 2 aliphatic rings. The number of rotatable bonds is 4. The zero-order chi connectivity index (χ0) is 20.0.